The summed E-state index contributed by atoms with van der Waals surface area (Å²) in [4.78, 5) is 0. The third-order valence-electron chi connectivity index (χ3n) is 3.45. The number of rotatable bonds is 10. The molecule has 0 heterocycles. The van der Waals surface area contributed by atoms with E-state index in [4.69, 9.17) is 4.74 Å². The van der Waals surface area contributed by atoms with Crippen LogP contribution in [0.4, 0.5) is 8.78 Å². The Hall–Kier alpha value is -0.910. The van der Waals surface area contributed by atoms with E-state index in [-0.39, 0.29) is 31.8 Å². The van der Waals surface area contributed by atoms with Gasteiger partial charge in [0.2, 0.25) is 0 Å². The van der Waals surface area contributed by atoms with Crippen LogP contribution in [0, 0.1) is 6.92 Å². The molecule has 0 aromatic heterocycles. The Bertz CT molecular complexity index is 421. The summed E-state index contributed by atoms with van der Waals surface area (Å²) in [7, 11) is 0. The fourth-order valence-electron chi connectivity index (χ4n) is 2.15. The van der Waals surface area contributed by atoms with Crippen molar-refractivity contribution in [3.8, 4) is 5.75 Å². The molecular formula is C16H26ClF2NO2. The molecule has 3 nitrogen and oxygen atoms in total. The van der Waals surface area contributed by atoms with Crippen LogP contribution >= 0.6 is 0 Å². The van der Waals surface area contributed by atoms with Gasteiger partial charge in [-0.05, 0) is 37.1 Å². The van der Waals surface area contributed by atoms with Gasteiger partial charge in [0.15, 0.2) is 0 Å². The number of halogens is 3. The molecular weight excluding hydrogens is 312 g/mol. The van der Waals surface area contributed by atoms with Crippen molar-refractivity contribution in [3.05, 3.63) is 29.3 Å². The van der Waals surface area contributed by atoms with Crippen molar-refractivity contribution in [1.29, 1.82) is 0 Å². The molecule has 1 rings (SSSR count). The molecule has 3 N–H and O–H groups in total. The minimum Gasteiger partial charge on any atom is -1.00 e. The topological polar surface area (TPSA) is 46.1 Å². The molecule has 0 saturated carbocycles. The number of alkyl halides is 2. The maximum Gasteiger partial charge on any atom is 0.130 e. The standard InChI is InChI=1S/C16H25F2NO2.ClH/c1-12-11-14(5-6-15(12)21-10-4-8-18)16(20)13(2)19-9-3-7-17;/h5-6,11,13,16,19-20H,3-4,7-10H2,1-2H3;1H. The molecule has 0 amide bonds. The van der Waals surface area contributed by atoms with Crippen LogP contribution in [0.15, 0.2) is 18.2 Å². The van der Waals surface area contributed by atoms with Gasteiger partial charge in [0, 0.05) is 12.8 Å². The second kappa shape index (κ2) is 11.6. The van der Waals surface area contributed by atoms with Gasteiger partial charge in [-0.2, -0.15) is 0 Å². The van der Waals surface area contributed by atoms with Gasteiger partial charge in [-0.15, -0.1) is 0 Å². The van der Waals surface area contributed by atoms with Crippen molar-refractivity contribution >= 4 is 0 Å². The van der Waals surface area contributed by atoms with Gasteiger partial charge < -0.3 is 27.6 Å². The normalized spacial score (nSPS) is 13.3. The minimum atomic E-state index is -0.608. The first-order chi connectivity index (χ1) is 10.1. The Labute approximate surface area is 137 Å². The molecule has 1 aromatic carbocycles. The number of benzene rings is 1. The SMILES string of the molecule is Cc1cc(C(O)C(C)[NH2+]CCCF)ccc1OCCCF.[Cl-]. The number of nitrogens with two attached hydrogens (primary N) is 1. The van der Waals surface area contributed by atoms with Crippen LogP contribution in [0.2, 0.25) is 0 Å². The molecule has 0 saturated heterocycles. The fourth-order valence-corrected chi connectivity index (χ4v) is 2.15. The second-order valence-corrected chi connectivity index (χ2v) is 5.29. The van der Waals surface area contributed by atoms with E-state index in [0.717, 1.165) is 11.1 Å². The highest BCUT2D eigenvalue weighted by Gasteiger charge is 2.19. The summed E-state index contributed by atoms with van der Waals surface area (Å²) in [5.74, 6) is 0.716. The zero-order chi connectivity index (χ0) is 15.7. The number of quaternary nitrogens is 1. The van der Waals surface area contributed by atoms with Crippen LogP contribution in [-0.4, -0.2) is 37.6 Å². The summed E-state index contributed by atoms with van der Waals surface area (Å²) >= 11 is 0. The maximum absolute atomic E-state index is 12.1. The van der Waals surface area contributed by atoms with Gasteiger partial charge in [0.25, 0.3) is 0 Å². The third-order valence-corrected chi connectivity index (χ3v) is 3.45. The molecule has 0 aliphatic carbocycles. The molecule has 0 aliphatic heterocycles. The fraction of sp³-hybridized carbons (Fsp3) is 0.625. The average Bonchev–Trinajstić information content (AvgIpc) is 2.48. The summed E-state index contributed by atoms with van der Waals surface area (Å²) in [6.45, 7) is 4.12. The molecule has 0 bridgehead atoms. The maximum atomic E-state index is 12.1. The summed E-state index contributed by atoms with van der Waals surface area (Å²) in [5, 5.41) is 12.3. The molecule has 6 heteroatoms. The summed E-state index contributed by atoms with van der Waals surface area (Å²) in [6.07, 6.45) is 0.269. The first-order valence-electron chi connectivity index (χ1n) is 7.46. The summed E-state index contributed by atoms with van der Waals surface area (Å²) < 4.78 is 29.6. The Morgan fingerprint density at radius 1 is 1.23 bits per heavy atom. The molecule has 1 aromatic rings. The van der Waals surface area contributed by atoms with E-state index in [1.54, 1.807) is 6.07 Å². The van der Waals surface area contributed by atoms with E-state index in [2.05, 4.69) is 0 Å². The molecule has 0 aliphatic rings. The first kappa shape index (κ1) is 21.1. The van der Waals surface area contributed by atoms with Gasteiger partial charge in [0.05, 0.1) is 26.5 Å². The van der Waals surface area contributed by atoms with Crippen molar-refractivity contribution in [2.24, 2.45) is 0 Å². The lowest BCUT2D eigenvalue weighted by Crippen LogP contribution is -3.00. The monoisotopic (exact) mass is 337 g/mol. The zero-order valence-corrected chi connectivity index (χ0v) is 14.0. The van der Waals surface area contributed by atoms with Gasteiger partial charge in [-0.3, -0.25) is 8.78 Å². The lowest BCUT2D eigenvalue weighted by Gasteiger charge is -2.19. The third kappa shape index (κ3) is 6.90. The average molecular weight is 338 g/mol. The van der Waals surface area contributed by atoms with Crippen LogP contribution in [0.25, 0.3) is 0 Å². The second-order valence-electron chi connectivity index (χ2n) is 5.29. The number of aryl methyl sites for hydroxylation is 1. The predicted octanol–water partition coefficient (Wildman–Crippen LogP) is -0.918. The molecule has 0 spiro atoms. The highest BCUT2D eigenvalue weighted by molar-refractivity contribution is 5.37. The van der Waals surface area contributed by atoms with E-state index in [1.165, 1.54) is 0 Å². The molecule has 0 radical (unpaired) electrons. The number of aliphatic hydroxyl groups excluding tert-OH is 1. The molecule has 2 unspecified atom stereocenters. The van der Waals surface area contributed by atoms with Crippen LogP contribution < -0.4 is 22.5 Å². The van der Waals surface area contributed by atoms with Gasteiger partial charge in [-0.1, -0.05) is 6.07 Å². The highest BCUT2D eigenvalue weighted by atomic mass is 35.5. The largest absolute Gasteiger partial charge is 1.00 e. The number of hydrogen-bond donors (Lipinski definition) is 2. The van der Waals surface area contributed by atoms with Gasteiger partial charge in [-0.25, -0.2) is 0 Å². The molecule has 22 heavy (non-hydrogen) atoms. The van der Waals surface area contributed by atoms with Crippen LogP contribution in [-0.2, 0) is 0 Å². The lowest BCUT2D eigenvalue weighted by atomic mass is 10.0. The highest BCUT2D eigenvalue weighted by Crippen LogP contribution is 2.24. The molecule has 128 valence electrons. The van der Waals surface area contributed by atoms with Crippen LogP contribution in [0.3, 0.4) is 0 Å². The Kier molecular flexibility index (Phi) is 11.1. The smallest absolute Gasteiger partial charge is 0.130 e. The molecule has 0 fully saturated rings. The van der Waals surface area contributed by atoms with Gasteiger partial charge in [0.1, 0.15) is 17.9 Å². The zero-order valence-electron chi connectivity index (χ0n) is 13.2. The minimum absolute atomic E-state index is 0. The summed E-state index contributed by atoms with van der Waals surface area (Å²) in [6, 6.07) is 5.48. The predicted molar refractivity (Wildman–Crippen MR) is 79.1 cm³/mol. The van der Waals surface area contributed by atoms with E-state index >= 15 is 0 Å². The van der Waals surface area contributed by atoms with Crippen molar-refractivity contribution in [2.75, 3.05) is 26.5 Å². The van der Waals surface area contributed by atoms with E-state index in [1.807, 2.05) is 31.3 Å². The van der Waals surface area contributed by atoms with E-state index < -0.39 is 6.10 Å². The number of aliphatic hydroxyl groups is 1. The number of hydrogen-bond acceptors (Lipinski definition) is 2. The number of ether oxygens (including phenoxy) is 1. The van der Waals surface area contributed by atoms with E-state index in [0.29, 0.717) is 31.7 Å². The van der Waals surface area contributed by atoms with Crippen LogP contribution in [0.5, 0.6) is 5.75 Å². The Morgan fingerprint density at radius 2 is 1.91 bits per heavy atom. The lowest BCUT2D eigenvalue weighted by molar-refractivity contribution is -0.694. The van der Waals surface area contributed by atoms with Crippen molar-refractivity contribution < 1.29 is 36.3 Å². The van der Waals surface area contributed by atoms with Crippen molar-refractivity contribution in [1.82, 2.24) is 0 Å². The quantitative estimate of drug-likeness (QED) is 0.543. The van der Waals surface area contributed by atoms with E-state index in [9.17, 15) is 13.9 Å². The first-order valence-corrected chi connectivity index (χ1v) is 7.46. The van der Waals surface area contributed by atoms with Gasteiger partial charge >= 0.3 is 0 Å². The van der Waals surface area contributed by atoms with Crippen molar-refractivity contribution in [3.63, 3.8) is 0 Å². The Balaban J connectivity index is 0.00000441. The van der Waals surface area contributed by atoms with Crippen molar-refractivity contribution in [2.45, 2.75) is 38.8 Å². The Morgan fingerprint density at radius 3 is 2.50 bits per heavy atom. The molecule has 2 atom stereocenters. The van der Waals surface area contributed by atoms with Crippen LogP contribution in [0.1, 0.15) is 37.0 Å². The summed E-state index contributed by atoms with van der Waals surface area (Å²) in [5.41, 5.74) is 1.73.